The van der Waals surface area contributed by atoms with Crippen LogP contribution in [0.4, 0.5) is 0 Å². The van der Waals surface area contributed by atoms with Gasteiger partial charge in [0, 0.05) is 0 Å². The summed E-state index contributed by atoms with van der Waals surface area (Å²) in [6, 6.07) is 0. The average molecular weight is 334 g/mol. The number of hydrogen-bond acceptors (Lipinski definition) is 2. The van der Waals surface area contributed by atoms with Crippen molar-refractivity contribution >= 4 is 61.1 Å². The molecule has 0 unspecified atom stereocenters. The second-order valence-corrected chi connectivity index (χ2v) is 3.08. The topological polar surface area (TPSA) is 156 Å². The molecule has 0 aromatic rings. The predicted molar refractivity (Wildman–Crippen MR) is 38.7 cm³/mol. The van der Waals surface area contributed by atoms with Crippen molar-refractivity contribution in [3.63, 3.8) is 0 Å². The van der Waals surface area contributed by atoms with E-state index in [9.17, 15) is 0 Å². The Bertz CT molecular complexity index is 146. The molecule has 0 saturated heterocycles. The van der Waals surface area contributed by atoms with Crippen molar-refractivity contribution in [2.45, 2.75) is 0 Å². The summed E-state index contributed by atoms with van der Waals surface area (Å²) in [6.07, 6.45) is 0. The predicted octanol–water partition coefficient (Wildman–Crippen LogP) is -7.78. The molecule has 0 rings (SSSR count). The molecule has 0 spiro atoms. The summed E-state index contributed by atoms with van der Waals surface area (Å²) in [5, 5.41) is 0. The Hall–Kier alpha value is 3.70. The fourth-order valence-corrected chi connectivity index (χ4v) is 0. The fraction of sp³-hybridized carbons (Fsp3) is 0. The van der Waals surface area contributed by atoms with Crippen LogP contribution in [-0.4, -0.2) is 74.8 Å². The Balaban J connectivity index is -0.00000000762. The molecule has 8 nitrogen and oxygen atoms in total. The first-order valence-electron chi connectivity index (χ1n) is 1.57. The minimum atomic E-state index is -4.64. The van der Waals surface area contributed by atoms with Gasteiger partial charge < -0.3 is 35.1 Å². The van der Waals surface area contributed by atoms with Gasteiger partial charge in [0.2, 0.25) is 0 Å². The van der Waals surface area contributed by atoms with Crippen molar-refractivity contribution in [3.8, 4) is 0 Å². The molecule has 0 heterocycles. The third kappa shape index (κ3) is 215. The maximum Gasteiger partial charge on any atom is 2.00 e. The third-order valence-electron chi connectivity index (χ3n) is 0. The van der Waals surface area contributed by atoms with Crippen LogP contribution in [0, 0.1) is 0 Å². The summed E-state index contributed by atoms with van der Waals surface area (Å²) < 4.78 is 17.8. The summed E-state index contributed by atoms with van der Waals surface area (Å²) in [4.78, 5) is 43.1. The second-order valence-electron chi connectivity index (χ2n) is 1.03. The average Bonchev–Trinajstić information content (AvgIpc) is 1.12. The first-order chi connectivity index (χ1) is 4.00. The summed E-state index contributed by atoms with van der Waals surface area (Å²) in [7, 11) is -9.28. The smallest absolute Gasteiger partial charge is 1.00 e. The van der Waals surface area contributed by atoms with E-state index in [4.69, 9.17) is 38.5 Å². The summed E-state index contributed by atoms with van der Waals surface area (Å²) in [6.45, 7) is 0. The van der Waals surface area contributed by atoms with Crippen molar-refractivity contribution in [1.82, 2.24) is 0 Å². The molecule has 0 atom stereocenters. The number of rotatable bonds is 0. The van der Waals surface area contributed by atoms with Gasteiger partial charge in [-0.25, -0.2) is 9.13 Å². The molecule has 0 saturated carbocycles. The van der Waals surface area contributed by atoms with Crippen LogP contribution in [0.3, 0.4) is 0 Å². The van der Waals surface area contributed by atoms with Gasteiger partial charge in [-0.3, -0.25) is 0 Å². The second kappa shape index (κ2) is 13.8. The van der Waals surface area contributed by atoms with Gasteiger partial charge >= 0.3 is 120 Å². The molecule has 0 aliphatic carbocycles. The molecule has 13 heteroatoms. The molecular weight excluding hydrogens is 324 g/mol. The molecule has 72 valence electrons. The first-order valence-corrected chi connectivity index (χ1v) is 4.70. The van der Waals surface area contributed by atoms with Crippen molar-refractivity contribution in [3.05, 3.63) is 0 Å². The standard InChI is InChI=1S/2Na.2H3O4P.Sr.4H/c;;2*1-5(2,3)4;;;;;/h;;2*(H3,1,2,3,4);;;;;/q2*+1;;;+2;4*-1. The van der Waals surface area contributed by atoms with Crippen LogP contribution in [-0.2, 0) is 9.13 Å². The van der Waals surface area contributed by atoms with Crippen LogP contribution >= 0.6 is 15.6 Å². The van der Waals surface area contributed by atoms with E-state index in [1.807, 2.05) is 0 Å². The van der Waals surface area contributed by atoms with Crippen LogP contribution in [0.5, 0.6) is 0 Å². The molecule has 0 bridgehead atoms. The number of hydrogen-bond donors (Lipinski definition) is 6. The zero-order chi connectivity index (χ0) is 9.00. The maximum absolute atomic E-state index is 8.88. The van der Waals surface area contributed by atoms with Crippen LogP contribution in [0.1, 0.15) is 5.71 Å². The Morgan fingerprint density at radius 1 is 0.692 bits per heavy atom. The van der Waals surface area contributed by atoms with Crippen molar-refractivity contribution in [2.75, 3.05) is 0 Å². The molecule has 0 radical (unpaired) electrons. The van der Waals surface area contributed by atoms with Gasteiger partial charge in [0.1, 0.15) is 0 Å². The minimum Gasteiger partial charge on any atom is -1.00 e. The molecule has 6 N–H and O–H groups in total. The van der Waals surface area contributed by atoms with E-state index in [0.29, 0.717) is 0 Å². The van der Waals surface area contributed by atoms with Gasteiger partial charge in [-0.1, -0.05) is 0 Å². The van der Waals surface area contributed by atoms with Crippen molar-refractivity contribution in [1.29, 1.82) is 0 Å². The molecule has 0 aliphatic rings. The normalized spacial score (nSPS) is 9.08. The van der Waals surface area contributed by atoms with E-state index >= 15 is 0 Å². The summed E-state index contributed by atoms with van der Waals surface area (Å²) >= 11 is 0. The van der Waals surface area contributed by atoms with Gasteiger partial charge in [-0.2, -0.15) is 0 Å². The van der Waals surface area contributed by atoms with Crippen molar-refractivity contribution in [2.24, 2.45) is 0 Å². The monoisotopic (exact) mass is 334 g/mol. The van der Waals surface area contributed by atoms with Gasteiger partial charge in [-0.05, 0) is 0 Å². The van der Waals surface area contributed by atoms with Crippen LogP contribution in [0.2, 0.25) is 0 Å². The van der Waals surface area contributed by atoms with E-state index in [-0.39, 0.29) is 110 Å². The zero-order valence-electron chi connectivity index (χ0n) is 11.1. The van der Waals surface area contributed by atoms with Crippen LogP contribution in [0.15, 0.2) is 0 Å². The third-order valence-corrected chi connectivity index (χ3v) is 0. The first kappa shape index (κ1) is 30.1. The Kier molecular flexibility index (Phi) is 31.8. The minimum absolute atomic E-state index is 0. The molecule has 0 fully saturated rings. The molecule has 0 aromatic heterocycles. The van der Waals surface area contributed by atoms with Gasteiger partial charge in [0.15, 0.2) is 0 Å². The Morgan fingerprint density at radius 3 is 0.692 bits per heavy atom. The van der Waals surface area contributed by atoms with E-state index < -0.39 is 15.6 Å². The summed E-state index contributed by atoms with van der Waals surface area (Å²) in [5.74, 6) is 0. The van der Waals surface area contributed by atoms with Crippen molar-refractivity contribution < 1.29 is 103 Å². The van der Waals surface area contributed by atoms with E-state index in [1.165, 1.54) is 0 Å². The quantitative estimate of drug-likeness (QED) is 0.189. The molecule has 0 amide bonds. The molecular formula is H10Na2O8P2Sr. The SMILES string of the molecule is O=P(O)(O)O.O=P(O)(O)O.[H-].[H-].[H-].[H-].[Na+].[Na+].[Sr+2]. The molecule has 13 heavy (non-hydrogen) atoms. The van der Waals surface area contributed by atoms with Gasteiger partial charge in [0.05, 0.1) is 0 Å². The summed E-state index contributed by atoms with van der Waals surface area (Å²) in [5.41, 5.74) is 0. The zero-order valence-corrected chi connectivity index (χ0v) is 16.4. The van der Waals surface area contributed by atoms with E-state index in [0.717, 1.165) is 0 Å². The maximum atomic E-state index is 8.88. The van der Waals surface area contributed by atoms with E-state index in [1.54, 1.807) is 0 Å². The van der Waals surface area contributed by atoms with E-state index in [2.05, 4.69) is 0 Å². The molecule has 0 aromatic carbocycles. The van der Waals surface area contributed by atoms with Crippen LogP contribution < -0.4 is 59.1 Å². The van der Waals surface area contributed by atoms with Gasteiger partial charge in [-0.15, -0.1) is 0 Å². The largest absolute Gasteiger partial charge is 2.00 e. The molecule has 0 aliphatic heterocycles. The van der Waals surface area contributed by atoms with Gasteiger partial charge in [0.25, 0.3) is 0 Å². The van der Waals surface area contributed by atoms with Crippen LogP contribution in [0.25, 0.3) is 0 Å². The fourth-order valence-electron chi connectivity index (χ4n) is 0. The number of phosphoric acid groups is 2. The Labute approximate surface area is 161 Å². The Morgan fingerprint density at radius 2 is 0.692 bits per heavy atom.